The van der Waals surface area contributed by atoms with Gasteiger partial charge in [0.2, 0.25) is 5.91 Å². The van der Waals surface area contributed by atoms with Crippen molar-refractivity contribution >= 4 is 11.7 Å². The number of carbonyl (C=O) groups excluding carboxylic acids is 1. The van der Waals surface area contributed by atoms with Crippen molar-refractivity contribution in [3.8, 4) is 5.75 Å². The van der Waals surface area contributed by atoms with Gasteiger partial charge in [-0.05, 0) is 56.4 Å². The molecule has 1 aromatic carbocycles. The van der Waals surface area contributed by atoms with Gasteiger partial charge in [0.1, 0.15) is 12.1 Å². The number of benzene rings is 1. The highest BCUT2D eigenvalue weighted by Crippen LogP contribution is 2.32. The highest BCUT2D eigenvalue weighted by atomic mass is 16.5. The van der Waals surface area contributed by atoms with Gasteiger partial charge >= 0.3 is 0 Å². The van der Waals surface area contributed by atoms with Crippen LogP contribution in [0.4, 0.5) is 0 Å². The van der Waals surface area contributed by atoms with Crippen LogP contribution in [0.25, 0.3) is 5.78 Å². The third-order valence-corrected chi connectivity index (χ3v) is 6.15. The molecule has 1 aliphatic rings. The lowest BCUT2D eigenvalue weighted by Crippen LogP contribution is -2.35. The summed E-state index contributed by atoms with van der Waals surface area (Å²) >= 11 is 0. The van der Waals surface area contributed by atoms with E-state index in [1.165, 1.54) is 18.3 Å². The predicted molar refractivity (Wildman–Crippen MR) is 114 cm³/mol. The van der Waals surface area contributed by atoms with Crippen LogP contribution >= 0.6 is 0 Å². The number of carbonyl (C=O) groups is 1. The Balaban J connectivity index is 1.53. The van der Waals surface area contributed by atoms with Crippen LogP contribution < -0.4 is 4.74 Å². The first-order chi connectivity index (χ1) is 14.6. The molecule has 1 aliphatic heterocycles. The largest absolute Gasteiger partial charge is 0.497 e. The quantitative estimate of drug-likeness (QED) is 0.643. The lowest BCUT2D eigenvalue weighted by atomic mass is 9.99. The Morgan fingerprint density at radius 1 is 1.17 bits per heavy atom. The molecule has 4 rings (SSSR count). The summed E-state index contributed by atoms with van der Waals surface area (Å²) in [4.78, 5) is 24.1. The van der Waals surface area contributed by atoms with E-state index in [4.69, 9.17) is 4.74 Å². The second-order valence-electron chi connectivity index (χ2n) is 7.96. The Morgan fingerprint density at radius 3 is 2.73 bits per heavy atom. The van der Waals surface area contributed by atoms with Crippen LogP contribution in [0.2, 0.25) is 0 Å². The molecule has 1 fully saturated rings. The van der Waals surface area contributed by atoms with Crippen molar-refractivity contribution in [3.05, 3.63) is 53.1 Å². The maximum absolute atomic E-state index is 13.3. The molecule has 0 radical (unpaired) electrons. The predicted octanol–water partition coefficient (Wildman–Crippen LogP) is 3.83. The van der Waals surface area contributed by atoms with Gasteiger partial charge in [0.25, 0.3) is 5.78 Å². The lowest BCUT2D eigenvalue weighted by Gasteiger charge is -2.31. The van der Waals surface area contributed by atoms with Gasteiger partial charge in [-0.3, -0.25) is 4.79 Å². The SMILES string of the molecule is COc1ccc([C@H]2CCCCCN2C(=O)CCc2c(C)nc3ncnn3c2C)cc1. The summed E-state index contributed by atoms with van der Waals surface area (Å²) in [5.41, 5.74) is 4.19. The highest BCUT2D eigenvalue weighted by molar-refractivity contribution is 5.77. The molecule has 7 heteroatoms. The molecule has 158 valence electrons. The van der Waals surface area contributed by atoms with Gasteiger partial charge in [-0.25, -0.2) is 9.50 Å². The molecule has 1 saturated heterocycles. The van der Waals surface area contributed by atoms with Crippen LogP contribution in [0, 0.1) is 13.8 Å². The van der Waals surface area contributed by atoms with E-state index in [0.29, 0.717) is 18.6 Å². The van der Waals surface area contributed by atoms with E-state index < -0.39 is 0 Å². The molecule has 0 aliphatic carbocycles. The summed E-state index contributed by atoms with van der Waals surface area (Å²) in [7, 11) is 1.67. The molecule has 0 unspecified atom stereocenters. The van der Waals surface area contributed by atoms with Crippen molar-refractivity contribution in [1.29, 1.82) is 0 Å². The summed E-state index contributed by atoms with van der Waals surface area (Å²) in [6.07, 6.45) is 7.01. The van der Waals surface area contributed by atoms with Gasteiger partial charge in [0, 0.05) is 24.4 Å². The molecule has 0 saturated carbocycles. The van der Waals surface area contributed by atoms with Crippen molar-refractivity contribution in [3.63, 3.8) is 0 Å². The summed E-state index contributed by atoms with van der Waals surface area (Å²) < 4.78 is 7.04. The summed E-state index contributed by atoms with van der Waals surface area (Å²) in [6.45, 7) is 4.81. The van der Waals surface area contributed by atoms with Crippen LogP contribution in [0.5, 0.6) is 5.75 Å². The number of aromatic nitrogens is 4. The van der Waals surface area contributed by atoms with Gasteiger partial charge in [-0.15, -0.1) is 0 Å². The van der Waals surface area contributed by atoms with Gasteiger partial charge in [-0.2, -0.15) is 10.1 Å². The second kappa shape index (κ2) is 8.81. The fraction of sp³-hybridized carbons (Fsp3) is 0.478. The summed E-state index contributed by atoms with van der Waals surface area (Å²) in [5, 5.41) is 4.25. The van der Waals surface area contributed by atoms with E-state index in [2.05, 4.69) is 32.1 Å². The van der Waals surface area contributed by atoms with Crippen molar-refractivity contribution < 1.29 is 9.53 Å². The summed E-state index contributed by atoms with van der Waals surface area (Å²) in [5.74, 6) is 1.65. The molecule has 3 aromatic rings. The smallest absolute Gasteiger partial charge is 0.252 e. The standard InChI is InChI=1S/C23H29N5O2/c1-16-20(17(2)28-23(26-16)24-15-25-28)12-13-22(29)27-14-6-4-5-7-21(27)18-8-10-19(30-3)11-9-18/h8-11,15,21H,4-7,12-14H2,1-3H3/t21-/m1/s1. The van der Waals surface area contributed by atoms with Crippen LogP contribution in [0.3, 0.4) is 0 Å². The van der Waals surface area contributed by atoms with Crippen molar-refractivity contribution in [2.24, 2.45) is 0 Å². The average Bonchev–Trinajstić information content (AvgIpc) is 3.08. The number of amides is 1. The first-order valence-electron chi connectivity index (χ1n) is 10.7. The van der Waals surface area contributed by atoms with Crippen LogP contribution in [0.1, 0.15) is 60.7 Å². The fourth-order valence-corrected chi connectivity index (χ4v) is 4.47. The van der Waals surface area contributed by atoms with Gasteiger partial charge in [0.05, 0.1) is 13.2 Å². The number of methoxy groups -OCH3 is 1. The van der Waals surface area contributed by atoms with Crippen molar-refractivity contribution in [2.75, 3.05) is 13.7 Å². The fourth-order valence-electron chi connectivity index (χ4n) is 4.47. The molecule has 2 aromatic heterocycles. The van der Waals surface area contributed by atoms with Crippen LogP contribution in [0.15, 0.2) is 30.6 Å². The Labute approximate surface area is 177 Å². The van der Waals surface area contributed by atoms with Gasteiger partial charge in [0.15, 0.2) is 0 Å². The minimum absolute atomic E-state index is 0.129. The van der Waals surface area contributed by atoms with Crippen molar-refractivity contribution in [1.82, 2.24) is 24.5 Å². The number of fused-ring (bicyclic) bond motifs is 1. The molecular weight excluding hydrogens is 378 g/mol. The number of hydrogen-bond donors (Lipinski definition) is 0. The molecule has 30 heavy (non-hydrogen) atoms. The molecule has 0 spiro atoms. The van der Waals surface area contributed by atoms with Crippen molar-refractivity contribution in [2.45, 2.75) is 58.4 Å². The van der Waals surface area contributed by atoms with E-state index in [1.807, 2.05) is 26.0 Å². The number of likely N-dealkylation sites (tertiary alicyclic amines) is 1. The minimum Gasteiger partial charge on any atom is -0.497 e. The maximum atomic E-state index is 13.3. The van der Waals surface area contributed by atoms with Crippen LogP contribution in [-0.4, -0.2) is 44.0 Å². The van der Waals surface area contributed by atoms with E-state index >= 15 is 0 Å². The number of rotatable bonds is 5. The number of hydrogen-bond acceptors (Lipinski definition) is 5. The second-order valence-corrected chi connectivity index (χ2v) is 7.96. The van der Waals surface area contributed by atoms with Gasteiger partial charge in [-0.1, -0.05) is 25.0 Å². The molecular formula is C23H29N5O2. The molecule has 0 N–H and O–H groups in total. The normalized spacial score (nSPS) is 17.2. The van der Waals surface area contributed by atoms with E-state index in [1.54, 1.807) is 11.6 Å². The zero-order valence-electron chi connectivity index (χ0n) is 18.0. The van der Waals surface area contributed by atoms with E-state index in [9.17, 15) is 4.79 Å². The Kier molecular flexibility index (Phi) is 5.97. The topological polar surface area (TPSA) is 72.6 Å². The molecule has 3 heterocycles. The lowest BCUT2D eigenvalue weighted by molar-refractivity contribution is -0.133. The highest BCUT2D eigenvalue weighted by Gasteiger charge is 2.27. The molecule has 1 amide bonds. The molecule has 7 nitrogen and oxygen atoms in total. The van der Waals surface area contributed by atoms with E-state index in [0.717, 1.165) is 48.5 Å². The number of ether oxygens (including phenoxy) is 1. The number of aryl methyl sites for hydroxylation is 2. The first kappa shape index (κ1) is 20.3. The minimum atomic E-state index is 0.129. The monoisotopic (exact) mass is 407 g/mol. The third kappa shape index (κ3) is 4.01. The van der Waals surface area contributed by atoms with Gasteiger partial charge < -0.3 is 9.64 Å². The Morgan fingerprint density at radius 2 is 1.97 bits per heavy atom. The zero-order chi connectivity index (χ0) is 21.1. The zero-order valence-corrected chi connectivity index (χ0v) is 18.0. The molecule has 1 atom stereocenters. The summed E-state index contributed by atoms with van der Waals surface area (Å²) in [6, 6.07) is 8.27. The maximum Gasteiger partial charge on any atom is 0.252 e. The molecule has 0 bridgehead atoms. The number of nitrogens with zero attached hydrogens (tertiary/aromatic N) is 5. The Hall–Kier alpha value is -2.96. The van der Waals surface area contributed by atoms with Crippen LogP contribution in [-0.2, 0) is 11.2 Å². The van der Waals surface area contributed by atoms with E-state index in [-0.39, 0.29) is 11.9 Å². The Bertz CT molecular complexity index is 1030. The third-order valence-electron chi connectivity index (χ3n) is 6.15. The first-order valence-corrected chi connectivity index (χ1v) is 10.7. The average molecular weight is 408 g/mol.